The van der Waals surface area contributed by atoms with Crippen LogP contribution in [-0.4, -0.2) is 52.7 Å². The summed E-state index contributed by atoms with van der Waals surface area (Å²) in [6.07, 6.45) is 1.96. The Balaban J connectivity index is 1.52. The molecule has 2 heterocycles. The number of fused-ring (bicyclic) bond motifs is 4. The van der Waals surface area contributed by atoms with Crippen molar-refractivity contribution in [2.24, 2.45) is 0 Å². The number of hydrogen-bond donors (Lipinski definition) is 0. The predicted octanol–water partition coefficient (Wildman–Crippen LogP) is 4.01. The minimum absolute atomic E-state index is 0.138. The van der Waals surface area contributed by atoms with E-state index in [0.717, 1.165) is 46.1 Å². The van der Waals surface area contributed by atoms with Crippen molar-refractivity contribution in [3.8, 4) is 0 Å². The van der Waals surface area contributed by atoms with Crippen molar-refractivity contribution in [2.75, 3.05) is 27.2 Å². The van der Waals surface area contributed by atoms with Crippen LogP contribution in [0.1, 0.15) is 19.3 Å². The summed E-state index contributed by atoms with van der Waals surface area (Å²) in [6.45, 7) is 2.09. The van der Waals surface area contributed by atoms with E-state index in [1.807, 2.05) is 50.5 Å². The van der Waals surface area contributed by atoms with Crippen molar-refractivity contribution >= 4 is 39.1 Å². The van der Waals surface area contributed by atoms with Crippen LogP contribution in [0.25, 0.3) is 33.1 Å². The highest BCUT2D eigenvalue weighted by Gasteiger charge is 2.14. The van der Waals surface area contributed by atoms with Crippen molar-refractivity contribution in [1.29, 1.82) is 0 Å². The van der Waals surface area contributed by atoms with Gasteiger partial charge in [-0.2, -0.15) is 0 Å². The van der Waals surface area contributed by atoms with Crippen LogP contribution in [0.3, 0.4) is 0 Å². The van der Waals surface area contributed by atoms with Gasteiger partial charge in [-0.15, -0.1) is 0 Å². The van der Waals surface area contributed by atoms with Crippen molar-refractivity contribution in [3.63, 3.8) is 0 Å². The Morgan fingerprint density at radius 3 is 2.52 bits per heavy atom. The molecule has 0 aliphatic rings. The van der Waals surface area contributed by atoms with Gasteiger partial charge in [0.05, 0.1) is 23.2 Å². The number of esters is 1. The van der Waals surface area contributed by atoms with Gasteiger partial charge in [0.2, 0.25) is 0 Å². The molecule has 0 N–H and O–H groups in total. The molecule has 0 saturated carbocycles. The number of aromatic nitrogens is 3. The van der Waals surface area contributed by atoms with E-state index in [0.29, 0.717) is 26.0 Å². The average Bonchev–Trinajstić information content (AvgIpc) is 3.02. The Morgan fingerprint density at radius 2 is 1.72 bits per heavy atom. The van der Waals surface area contributed by atoms with E-state index in [9.17, 15) is 4.79 Å². The van der Waals surface area contributed by atoms with Crippen LogP contribution in [0.2, 0.25) is 0 Å². The molecule has 0 saturated heterocycles. The summed E-state index contributed by atoms with van der Waals surface area (Å²) < 4.78 is 7.51. The Labute approximate surface area is 170 Å². The van der Waals surface area contributed by atoms with Crippen LogP contribution in [-0.2, 0) is 16.1 Å². The number of hydrogen-bond acceptors (Lipinski definition) is 5. The summed E-state index contributed by atoms with van der Waals surface area (Å²) >= 11 is 0. The molecule has 2 aromatic carbocycles. The summed E-state index contributed by atoms with van der Waals surface area (Å²) in [6, 6.07) is 16.1. The largest absolute Gasteiger partial charge is 0.466 e. The molecule has 0 amide bonds. The second-order valence-corrected chi connectivity index (χ2v) is 7.53. The van der Waals surface area contributed by atoms with Gasteiger partial charge in [0, 0.05) is 24.9 Å². The lowest BCUT2D eigenvalue weighted by Crippen LogP contribution is -2.16. The molecule has 0 fully saturated rings. The molecule has 0 unspecified atom stereocenters. The molecule has 2 aromatic heterocycles. The van der Waals surface area contributed by atoms with Crippen molar-refractivity contribution in [2.45, 2.75) is 25.8 Å². The van der Waals surface area contributed by atoms with E-state index in [-0.39, 0.29) is 5.97 Å². The Morgan fingerprint density at radius 1 is 1.00 bits per heavy atom. The van der Waals surface area contributed by atoms with Crippen LogP contribution in [0, 0.1) is 0 Å². The number of aryl methyl sites for hydroxylation is 1. The van der Waals surface area contributed by atoms with Gasteiger partial charge >= 0.3 is 5.97 Å². The zero-order valence-corrected chi connectivity index (χ0v) is 17.0. The smallest absolute Gasteiger partial charge is 0.305 e. The molecule has 0 radical (unpaired) electrons. The fourth-order valence-corrected chi connectivity index (χ4v) is 3.63. The van der Waals surface area contributed by atoms with Crippen molar-refractivity contribution in [1.82, 2.24) is 19.4 Å². The second-order valence-electron chi connectivity index (χ2n) is 7.53. The highest BCUT2D eigenvalue weighted by atomic mass is 16.5. The Hall–Kier alpha value is -2.99. The van der Waals surface area contributed by atoms with Crippen molar-refractivity contribution in [3.05, 3.63) is 48.5 Å². The molecule has 0 aliphatic carbocycles. The van der Waals surface area contributed by atoms with Crippen molar-refractivity contribution < 1.29 is 9.53 Å². The molecule has 0 atom stereocenters. The number of carbonyl (C=O) groups is 1. The van der Waals surface area contributed by atoms with Gasteiger partial charge in [-0.1, -0.05) is 30.3 Å². The van der Waals surface area contributed by atoms with Gasteiger partial charge in [0.1, 0.15) is 5.52 Å². The minimum Gasteiger partial charge on any atom is -0.466 e. The van der Waals surface area contributed by atoms with E-state index in [1.54, 1.807) is 0 Å². The van der Waals surface area contributed by atoms with Crippen LogP contribution in [0.5, 0.6) is 0 Å². The first-order valence-corrected chi connectivity index (χ1v) is 10.1. The van der Waals surface area contributed by atoms with Gasteiger partial charge in [0.25, 0.3) is 0 Å². The summed E-state index contributed by atoms with van der Waals surface area (Å²) in [5.41, 5.74) is 4.64. The summed E-state index contributed by atoms with van der Waals surface area (Å²) in [7, 11) is 4.03. The second kappa shape index (κ2) is 8.57. The summed E-state index contributed by atoms with van der Waals surface area (Å²) in [5, 5.41) is 1.09. The van der Waals surface area contributed by atoms with E-state index in [1.165, 1.54) is 0 Å². The zero-order valence-electron chi connectivity index (χ0n) is 17.0. The summed E-state index contributed by atoms with van der Waals surface area (Å²) in [4.78, 5) is 23.9. The highest BCUT2D eigenvalue weighted by molar-refractivity contribution is 6.06. The number of carbonyl (C=O) groups excluding carboxylic acids is 1. The predicted molar refractivity (Wildman–Crippen MR) is 116 cm³/mol. The maximum absolute atomic E-state index is 12.0. The lowest BCUT2D eigenvalue weighted by molar-refractivity contribution is -0.143. The van der Waals surface area contributed by atoms with Crippen LogP contribution < -0.4 is 0 Å². The maximum Gasteiger partial charge on any atom is 0.305 e. The molecule has 6 heteroatoms. The third-order valence-corrected chi connectivity index (χ3v) is 5.03. The topological polar surface area (TPSA) is 60.2 Å². The number of ether oxygens (including phenoxy) is 1. The Kier molecular flexibility index (Phi) is 5.71. The lowest BCUT2D eigenvalue weighted by Gasteiger charge is -2.10. The highest BCUT2D eigenvalue weighted by Crippen LogP contribution is 2.28. The number of benzene rings is 2. The summed E-state index contributed by atoms with van der Waals surface area (Å²) in [5.74, 6) is -0.138. The normalized spacial score (nSPS) is 11.7. The quantitative estimate of drug-likeness (QED) is 0.336. The zero-order chi connectivity index (χ0) is 20.2. The minimum atomic E-state index is -0.138. The fourth-order valence-electron chi connectivity index (χ4n) is 3.63. The molecular weight excluding hydrogens is 364 g/mol. The Bertz CT molecular complexity index is 1150. The third-order valence-electron chi connectivity index (χ3n) is 5.03. The van der Waals surface area contributed by atoms with E-state index in [2.05, 4.69) is 21.6 Å². The SMILES string of the molecule is CN(C)CCCOC(=O)CCCn1c2ccccc2c2nc3ccccc3nc21. The van der Waals surface area contributed by atoms with Gasteiger partial charge in [0.15, 0.2) is 5.65 Å². The van der Waals surface area contributed by atoms with E-state index >= 15 is 0 Å². The monoisotopic (exact) mass is 390 g/mol. The van der Waals surface area contributed by atoms with Gasteiger partial charge in [-0.25, -0.2) is 9.97 Å². The van der Waals surface area contributed by atoms with Crippen LogP contribution >= 0.6 is 0 Å². The first-order valence-electron chi connectivity index (χ1n) is 10.1. The maximum atomic E-state index is 12.0. The van der Waals surface area contributed by atoms with Gasteiger partial charge in [-0.05, 0) is 45.1 Å². The molecule has 0 spiro atoms. The molecule has 0 bridgehead atoms. The molecule has 150 valence electrons. The number of rotatable bonds is 8. The molecule has 4 rings (SSSR count). The van der Waals surface area contributed by atoms with E-state index < -0.39 is 0 Å². The van der Waals surface area contributed by atoms with Crippen LogP contribution in [0.15, 0.2) is 48.5 Å². The third kappa shape index (κ3) is 4.22. The standard InChI is InChI=1S/C23H26N4O2/c1-26(2)14-8-16-29-21(28)13-7-15-27-20-12-6-3-9-17(20)22-23(27)25-19-11-5-4-10-18(19)24-22/h3-6,9-12H,7-8,13-16H2,1-2H3. The first-order chi connectivity index (χ1) is 14.1. The molecule has 6 nitrogen and oxygen atoms in total. The molecule has 0 aliphatic heterocycles. The number of para-hydroxylation sites is 3. The fraction of sp³-hybridized carbons (Fsp3) is 0.348. The molecule has 29 heavy (non-hydrogen) atoms. The van der Waals surface area contributed by atoms with Gasteiger partial charge < -0.3 is 14.2 Å². The molecular formula is C23H26N4O2. The molecule has 4 aromatic rings. The van der Waals surface area contributed by atoms with E-state index in [4.69, 9.17) is 14.7 Å². The average molecular weight is 390 g/mol. The van der Waals surface area contributed by atoms with Gasteiger partial charge in [-0.3, -0.25) is 4.79 Å². The number of nitrogens with zero attached hydrogens (tertiary/aromatic N) is 4. The van der Waals surface area contributed by atoms with Crippen LogP contribution in [0.4, 0.5) is 0 Å². The first kappa shape index (κ1) is 19.3. The lowest BCUT2D eigenvalue weighted by atomic mass is 10.2.